The maximum atomic E-state index is 13.6. The zero-order valence-electron chi connectivity index (χ0n) is 9.70. The first-order valence-electron chi connectivity index (χ1n) is 5.87. The van der Waals surface area contributed by atoms with Gasteiger partial charge in [-0.2, -0.15) is 11.8 Å². The van der Waals surface area contributed by atoms with Crippen LogP contribution in [0.25, 0.3) is 11.0 Å². The van der Waals surface area contributed by atoms with Crippen molar-refractivity contribution < 1.29 is 8.78 Å². The highest BCUT2D eigenvalue weighted by Gasteiger charge is 2.20. The van der Waals surface area contributed by atoms with E-state index in [4.69, 9.17) is 5.73 Å². The van der Waals surface area contributed by atoms with Crippen LogP contribution in [0.1, 0.15) is 12.8 Å². The molecule has 1 aromatic carbocycles. The number of nitrogens with two attached hydrogens (primary N) is 1. The van der Waals surface area contributed by atoms with Gasteiger partial charge in [-0.15, -0.1) is 0 Å². The van der Waals surface area contributed by atoms with Crippen molar-refractivity contribution in [1.29, 1.82) is 0 Å². The van der Waals surface area contributed by atoms with Crippen molar-refractivity contribution in [3.8, 4) is 0 Å². The molecule has 6 heteroatoms. The molecule has 0 saturated carbocycles. The van der Waals surface area contributed by atoms with Crippen molar-refractivity contribution >= 4 is 28.7 Å². The molecular weight excluding hydrogens is 256 g/mol. The lowest BCUT2D eigenvalue weighted by Gasteiger charge is -2.11. The van der Waals surface area contributed by atoms with Crippen molar-refractivity contribution in [3.05, 3.63) is 23.8 Å². The zero-order valence-corrected chi connectivity index (χ0v) is 10.5. The van der Waals surface area contributed by atoms with Crippen LogP contribution in [-0.2, 0) is 6.54 Å². The number of aromatic nitrogens is 2. The van der Waals surface area contributed by atoms with Crippen molar-refractivity contribution in [3.63, 3.8) is 0 Å². The Morgan fingerprint density at radius 3 is 3.00 bits per heavy atom. The average molecular weight is 269 g/mol. The predicted octanol–water partition coefficient (Wildman–Crippen LogP) is 2.79. The Morgan fingerprint density at radius 2 is 2.28 bits per heavy atom. The third kappa shape index (κ3) is 1.94. The minimum absolute atomic E-state index is 0.150. The van der Waals surface area contributed by atoms with Crippen LogP contribution in [0.15, 0.2) is 12.1 Å². The molecule has 1 atom stereocenters. The van der Waals surface area contributed by atoms with Gasteiger partial charge in [-0.1, -0.05) is 0 Å². The molecule has 1 aromatic heterocycles. The maximum Gasteiger partial charge on any atom is 0.201 e. The molecule has 0 aliphatic carbocycles. The Balaban J connectivity index is 2.06. The predicted molar refractivity (Wildman–Crippen MR) is 69.5 cm³/mol. The number of benzene rings is 1. The van der Waals surface area contributed by atoms with Crippen molar-refractivity contribution in [2.45, 2.75) is 24.6 Å². The Labute approximate surface area is 107 Å². The van der Waals surface area contributed by atoms with Crippen LogP contribution in [0.5, 0.6) is 0 Å². The number of halogens is 2. The molecule has 1 fully saturated rings. The highest BCUT2D eigenvalue weighted by atomic mass is 32.2. The average Bonchev–Trinajstić information content (AvgIpc) is 2.91. The summed E-state index contributed by atoms with van der Waals surface area (Å²) in [4.78, 5) is 3.99. The van der Waals surface area contributed by atoms with Gasteiger partial charge in [-0.3, -0.25) is 0 Å². The zero-order chi connectivity index (χ0) is 12.7. The summed E-state index contributed by atoms with van der Waals surface area (Å²) >= 11 is 1.87. The molecule has 0 spiro atoms. The fourth-order valence-electron chi connectivity index (χ4n) is 2.35. The first-order valence-corrected chi connectivity index (χ1v) is 6.92. The second-order valence-electron chi connectivity index (χ2n) is 4.47. The summed E-state index contributed by atoms with van der Waals surface area (Å²) < 4.78 is 28.6. The van der Waals surface area contributed by atoms with Gasteiger partial charge in [0.2, 0.25) is 5.95 Å². The van der Waals surface area contributed by atoms with E-state index in [1.165, 1.54) is 12.5 Å². The van der Waals surface area contributed by atoms with Crippen LogP contribution in [0.2, 0.25) is 0 Å². The number of imidazole rings is 1. The van der Waals surface area contributed by atoms with E-state index in [0.717, 1.165) is 18.2 Å². The van der Waals surface area contributed by atoms with Crippen LogP contribution in [0, 0.1) is 11.6 Å². The van der Waals surface area contributed by atoms with Gasteiger partial charge in [0, 0.05) is 23.9 Å². The largest absolute Gasteiger partial charge is 0.369 e. The Morgan fingerprint density at radius 1 is 1.44 bits per heavy atom. The van der Waals surface area contributed by atoms with Gasteiger partial charge in [-0.05, 0) is 18.6 Å². The summed E-state index contributed by atoms with van der Waals surface area (Å²) in [6, 6.07) is 2.13. The third-order valence-corrected chi connectivity index (χ3v) is 4.59. The van der Waals surface area contributed by atoms with Gasteiger partial charge in [0.25, 0.3) is 0 Å². The molecule has 3 nitrogen and oxygen atoms in total. The quantitative estimate of drug-likeness (QED) is 0.911. The van der Waals surface area contributed by atoms with Crippen molar-refractivity contribution in [2.24, 2.45) is 0 Å². The number of rotatable bonds is 2. The number of hydrogen-bond donors (Lipinski definition) is 1. The first-order chi connectivity index (χ1) is 8.65. The summed E-state index contributed by atoms with van der Waals surface area (Å²) in [7, 11) is 0. The number of nitrogen functional groups attached to an aromatic ring is 1. The fourth-order valence-corrected chi connectivity index (χ4v) is 3.61. The molecule has 1 saturated heterocycles. The van der Waals surface area contributed by atoms with E-state index in [9.17, 15) is 8.78 Å². The van der Waals surface area contributed by atoms with Gasteiger partial charge in [0.1, 0.15) is 11.3 Å². The molecule has 1 unspecified atom stereocenters. The minimum atomic E-state index is -0.658. The lowest BCUT2D eigenvalue weighted by atomic mass is 10.2. The molecular formula is C12H13F2N3S. The van der Waals surface area contributed by atoms with E-state index < -0.39 is 11.6 Å². The van der Waals surface area contributed by atoms with Crippen LogP contribution >= 0.6 is 11.8 Å². The van der Waals surface area contributed by atoms with Crippen molar-refractivity contribution in [1.82, 2.24) is 9.55 Å². The van der Waals surface area contributed by atoms with Gasteiger partial charge in [0.15, 0.2) is 5.82 Å². The van der Waals surface area contributed by atoms with E-state index in [2.05, 4.69) is 4.98 Å². The topological polar surface area (TPSA) is 43.8 Å². The standard InChI is InChI=1S/C12H13F2N3S/c13-7-4-9(14)11-10(5-7)17(12(15)16-11)6-8-2-1-3-18-8/h4-5,8H,1-3,6H2,(H2,15,16). The molecule has 18 heavy (non-hydrogen) atoms. The lowest BCUT2D eigenvalue weighted by molar-refractivity contribution is 0.589. The van der Waals surface area contributed by atoms with E-state index in [0.29, 0.717) is 17.3 Å². The summed E-state index contributed by atoms with van der Waals surface area (Å²) in [5, 5.41) is 0.455. The van der Waals surface area contributed by atoms with Crippen LogP contribution in [0.3, 0.4) is 0 Å². The number of hydrogen-bond acceptors (Lipinski definition) is 3. The summed E-state index contributed by atoms with van der Waals surface area (Å²) in [5.41, 5.74) is 6.40. The maximum absolute atomic E-state index is 13.6. The molecule has 0 amide bonds. The second kappa shape index (κ2) is 4.42. The highest BCUT2D eigenvalue weighted by Crippen LogP contribution is 2.30. The minimum Gasteiger partial charge on any atom is -0.369 e. The molecule has 2 N–H and O–H groups in total. The lowest BCUT2D eigenvalue weighted by Crippen LogP contribution is -2.12. The summed E-state index contributed by atoms with van der Waals surface area (Å²) in [5.74, 6) is 0.136. The molecule has 1 aliphatic rings. The smallest absolute Gasteiger partial charge is 0.201 e. The van der Waals surface area contributed by atoms with Gasteiger partial charge in [-0.25, -0.2) is 13.8 Å². The summed E-state index contributed by atoms with van der Waals surface area (Å²) in [6.45, 7) is 0.663. The summed E-state index contributed by atoms with van der Waals surface area (Å²) in [6.07, 6.45) is 2.30. The molecule has 96 valence electrons. The highest BCUT2D eigenvalue weighted by molar-refractivity contribution is 8.00. The second-order valence-corrected chi connectivity index (χ2v) is 5.88. The normalized spacial score (nSPS) is 19.8. The van der Waals surface area contributed by atoms with Crippen LogP contribution in [0.4, 0.5) is 14.7 Å². The Bertz CT molecular complexity index is 591. The number of fused-ring (bicyclic) bond motifs is 1. The molecule has 0 bridgehead atoms. The van der Waals surface area contributed by atoms with E-state index in [-0.39, 0.29) is 11.5 Å². The van der Waals surface area contributed by atoms with Gasteiger partial charge < -0.3 is 10.3 Å². The van der Waals surface area contributed by atoms with Gasteiger partial charge >= 0.3 is 0 Å². The SMILES string of the molecule is Nc1nc2c(F)cc(F)cc2n1CC1CCCS1. The fraction of sp³-hybridized carbons (Fsp3) is 0.417. The Kier molecular flexibility index (Phi) is 2.89. The number of nitrogens with zero attached hydrogens (tertiary/aromatic N) is 2. The number of thioether (sulfide) groups is 1. The number of anilines is 1. The van der Waals surface area contributed by atoms with E-state index in [1.54, 1.807) is 4.57 Å². The molecule has 3 rings (SSSR count). The van der Waals surface area contributed by atoms with Crippen LogP contribution < -0.4 is 5.73 Å². The van der Waals surface area contributed by atoms with Crippen molar-refractivity contribution in [2.75, 3.05) is 11.5 Å². The monoisotopic (exact) mass is 269 g/mol. The van der Waals surface area contributed by atoms with E-state index in [1.807, 2.05) is 11.8 Å². The molecule has 2 aromatic rings. The third-order valence-electron chi connectivity index (χ3n) is 3.21. The molecule has 0 radical (unpaired) electrons. The first kappa shape index (κ1) is 11.8. The molecule has 1 aliphatic heterocycles. The Hall–Kier alpha value is -1.30. The molecule has 2 heterocycles. The van der Waals surface area contributed by atoms with Crippen LogP contribution in [-0.4, -0.2) is 20.6 Å². The van der Waals surface area contributed by atoms with E-state index >= 15 is 0 Å². The van der Waals surface area contributed by atoms with Gasteiger partial charge in [0.05, 0.1) is 5.52 Å².